The average Bonchev–Trinajstić information content (AvgIpc) is 3.59. The third kappa shape index (κ3) is 3.49. The molecular formula is C29H27F2N7O3. The number of nitrogens with one attached hydrogen (secondary N) is 2. The van der Waals surface area contributed by atoms with Gasteiger partial charge in [-0.15, -0.1) is 0 Å². The van der Waals surface area contributed by atoms with Gasteiger partial charge >= 0.3 is 5.97 Å². The van der Waals surface area contributed by atoms with Crippen molar-refractivity contribution in [2.24, 2.45) is 7.05 Å². The van der Waals surface area contributed by atoms with Crippen molar-refractivity contribution in [2.75, 3.05) is 43.9 Å². The van der Waals surface area contributed by atoms with Crippen LogP contribution in [0.15, 0.2) is 35.5 Å². The number of anilines is 2. The summed E-state index contributed by atoms with van der Waals surface area (Å²) in [5, 5.41) is 13.2. The molecule has 0 radical (unpaired) electrons. The van der Waals surface area contributed by atoms with Gasteiger partial charge in [-0.1, -0.05) is 0 Å². The molecule has 3 N–H and O–H groups in total. The maximum absolute atomic E-state index is 15.6. The molecule has 12 heteroatoms. The number of rotatable bonds is 4. The number of likely N-dealkylation sites (N-methyl/N-ethyl adjacent to an activating group) is 1. The van der Waals surface area contributed by atoms with Gasteiger partial charge in [0, 0.05) is 75.1 Å². The van der Waals surface area contributed by atoms with Crippen molar-refractivity contribution in [2.45, 2.75) is 18.4 Å². The van der Waals surface area contributed by atoms with Crippen molar-refractivity contribution in [3.05, 3.63) is 58.1 Å². The van der Waals surface area contributed by atoms with Crippen molar-refractivity contribution >= 4 is 50.3 Å². The summed E-state index contributed by atoms with van der Waals surface area (Å²) in [6, 6.07) is 2.72. The van der Waals surface area contributed by atoms with E-state index in [9.17, 15) is 19.1 Å². The van der Waals surface area contributed by atoms with Gasteiger partial charge in [0.25, 0.3) is 0 Å². The zero-order valence-corrected chi connectivity index (χ0v) is 22.7. The molecule has 1 spiro atoms. The third-order valence-electron chi connectivity index (χ3n) is 8.96. The summed E-state index contributed by atoms with van der Waals surface area (Å²) in [6.07, 6.45) is 6.44. The first kappa shape index (κ1) is 25.4. The molecule has 5 aromatic rings. The van der Waals surface area contributed by atoms with Crippen LogP contribution in [0.4, 0.5) is 20.2 Å². The predicted molar refractivity (Wildman–Crippen MR) is 153 cm³/mol. The van der Waals surface area contributed by atoms with Crippen LogP contribution in [0.1, 0.15) is 23.2 Å². The molecule has 7 rings (SSSR count). The van der Waals surface area contributed by atoms with Crippen LogP contribution in [-0.2, 0) is 7.05 Å². The van der Waals surface area contributed by atoms with Crippen molar-refractivity contribution in [1.82, 2.24) is 24.4 Å². The lowest BCUT2D eigenvalue weighted by Gasteiger charge is -2.48. The minimum Gasteiger partial charge on any atom is -0.477 e. The lowest BCUT2D eigenvalue weighted by atomic mass is 9.84. The van der Waals surface area contributed by atoms with Crippen LogP contribution < -0.4 is 15.6 Å². The first-order valence-corrected chi connectivity index (χ1v) is 13.3. The molecule has 4 aromatic heterocycles. The van der Waals surface area contributed by atoms with Gasteiger partial charge in [-0.05, 0) is 26.0 Å². The Morgan fingerprint density at radius 2 is 1.90 bits per heavy atom. The standard InChI is InChI=1S/C29H27F2N7O3/c1-32-19-9-18(30)22(31)20-21-24(38-7-5-29(13-38)4-6-37(29)3)16(11-33-26(21)35-23(19)20)14-8-15-25(39)17(28(40)41)12-36(2)27(15)34-10-14/h8-12,32H,4-7,13H2,1-3H3,(H,33,35)(H,40,41). The van der Waals surface area contributed by atoms with Crippen molar-refractivity contribution in [1.29, 1.82) is 0 Å². The quantitative estimate of drug-likeness (QED) is 0.303. The van der Waals surface area contributed by atoms with E-state index in [0.29, 0.717) is 57.8 Å². The Labute approximate surface area is 232 Å². The molecule has 41 heavy (non-hydrogen) atoms. The number of H-pyrrole nitrogens is 1. The maximum atomic E-state index is 15.6. The van der Waals surface area contributed by atoms with Gasteiger partial charge in [0.05, 0.1) is 33.1 Å². The van der Waals surface area contributed by atoms with Crippen LogP contribution in [0.5, 0.6) is 0 Å². The van der Waals surface area contributed by atoms with Crippen LogP contribution in [0.2, 0.25) is 0 Å². The summed E-state index contributed by atoms with van der Waals surface area (Å²) < 4.78 is 32.0. The summed E-state index contributed by atoms with van der Waals surface area (Å²) in [7, 11) is 5.36. The largest absolute Gasteiger partial charge is 0.477 e. The number of likely N-dealkylation sites (tertiary alicyclic amines) is 1. The first-order chi connectivity index (χ1) is 19.6. The van der Waals surface area contributed by atoms with Crippen molar-refractivity contribution in [3.63, 3.8) is 0 Å². The number of fused-ring (bicyclic) bond motifs is 4. The number of aryl methyl sites for hydroxylation is 1. The molecule has 0 saturated carbocycles. The number of aromatic nitrogens is 4. The molecule has 210 valence electrons. The maximum Gasteiger partial charge on any atom is 0.341 e. The van der Waals surface area contributed by atoms with Gasteiger partial charge in [-0.25, -0.2) is 23.5 Å². The molecule has 2 fully saturated rings. The monoisotopic (exact) mass is 559 g/mol. The zero-order chi connectivity index (χ0) is 28.8. The van der Waals surface area contributed by atoms with Crippen LogP contribution in [0, 0.1) is 11.6 Å². The fourth-order valence-electron chi connectivity index (χ4n) is 6.56. The normalized spacial score (nSPS) is 19.1. The molecule has 1 unspecified atom stereocenters. The Morgan fingerprint density at radius 3 is 2.56 bits per heavy atom. The molecule has 10 nitrogen and oxygen atoms in total. The fraction of sp³-hybridized carbons (Fsp3) is 0.310. The van der Waals surface area contributed by atoms with Crippen molar-refractivity contribution < 1.29 is 18.7 Å². The second kappa shape index (κ2) is 8.71. The number of nitrogens with zero attached hydrogens (tertiary/aromatic N) is 5. The van der Waals surface area contributed by atoms with E-state index in [1.54, 1.807) is 32.6 Å². The summed E-state index contributed by atoms with van der Waals surface area (Å²) in [5.41, 5.74) is 2.28. The number of aromatic amines is 1. The highest BCUT2D eigenvalue weighted by Crippen LogP contribution is 2.47. The van der Waals surface area contributed by atoms with Gasteiger partial charge < -0.3 is 24.9 Å². The Balaban J connectivity index is 1.55. The number of carboxylic acid groups (broad SMARTS) is 1. The van der Waals surface area contributed by atoms with E-state index in [-0.39, 0.29) is 21.9 Å². The fourth-order valence-corrected chi connectivity index (χ4v) is 6.56. The number of hydrogen-bond donors (Lipinski definition) is 3. The first-order valence-electron chi connectivity index (χ1n) is 13.3. The molecule has 0 amide bonds. The summed E-state index contributed by atoms with van der Waals surface area (Å²) in [4.78, 5) is 41.7. The van der Waals surface area contributed by atoms with Crippen LogP contribution in [0.3, 0.4) is 0 Å². The predicted octanol–water partition coefficient (Wildman–Crippen LogP) is 3.93. The smallest absolute Gasteiger partial charge is 0.341 e. The van der Waals surface area contributed by atoms with Crippen LogP contribution >= 0.6 is 0 Å². The van der Waals surface area contributed by atoms with E-state index in [0.717, 1.165) is 25.5 Å². The SMILES string of the molecule is CNc1cc(F)c(F)c2c1[nH]c1ncc(-c3cnc4c(c3)c(=O)c(C(=O)O)cn4C)c(N3CCC4(CCN4C)C3)c12. The molecule has 1 atom stereocenters. The van der Waals surface area contributed by atoms with E-state index in [1.807, 2.05) is 0 Å². The molecule has 6 heterocycles. The number of carbonyl (C=O) groups is 1. The van der Waals surface area contributed by atoms with E-state index >= 15 is 4.39 Å². The topological polar surface area (TPSA) is 119 Å². The number of aromatic carboxylic acids is 1. The Morgan fingerprint density at radius 1 is 1.12 bits per heavy atom. The second-order valence-corrected chi connectivity index (χ2v) is 11.0. The van der Waals surface area contributed by atoms with E-state index < -0.39 is 23.0 Å². The van der Waals surface area contributed by atoms with Gasteiger partial charge in [-0.3, -0.25) is 9.69 Å². The lowest BCUT2D eigenvalue weighted by molar-refractivity contribution is 0.0307. The molecule has 2 aliphatic heterocycles. The van der Waals surface area contributed by atoms with Crippen molar-refractivity contribution in [3.8, 4) is 11.1 Å². The zero-order valence-electron chi connectivity index (χ0n) is 22.7. The van der Waals surface area contributed by atoms with Gasteiger partial charge in [0.2, 0.25) is 5.43 Å². The number of pyridine rings is 3. The van der Waals surface area contributed by atoms with Gasteiger partial charge in [0.15, 0.2) is 11.6 Å². The van der Waals surface area contributed by atoms with E-state index in [1.165, 1.54) is 10.8 Å². The third-order valence-corrected chi connectivity index (χ3v) is 8.96. The Hall–Kier alpha value is -4.58. The van der Waals surface area contributed by atoms with E-state index in [2.05, 4.69) is 37.1 Å². The summed E-state index contributed by atoms with van der Waals surface area (Å²) >= 11 is 0. The average molecular weight is 560 g/mol. The molecular weight excluding hydrogens is 532 g/mol. The molecule has 2 aliphatic rings. The minimum absolute atomic E-state index is 0.00708. The number of halogens is 2. The molecule has 2 saturated heterocycles. The Bertz CT molecular complexity index is 2000. The lowest BCUT2D eigenvalue weighted by Crippen LogP contribution is -2.59. The highest BCUT2D eigenvalue weighted by atomic mass is 19.2. The van der Waals surface area contributed by atoms with Gasteiger partial charge in [-0.2, -0.15) is 0 Å². The second-order valence-electron chi connectivity index (χ2n) is 11.0. The molecule has 1 aromatic carbocycles. The Kier molecular flexibility index (Phi) is 5.39. The van der Waals surface area contributed by atoms with E-state index in [4.69, 9.17) is 0 Å². The molecule has 0 bridgehead atoms. The number of carboxylic acids is 1. The number of hydrogen-bond acceptors (Lipinski definition) is 7. The summed E-state index contributed by atoms with van der Waals surface area (Å²) in [5.74, 6) is -3.28. The highest BCUT2D eigenvalue weighted by Gasteiger charge is 2.48. The highest BCUT2D eigenvalue weighted by molar-refractivity contribution is 6.18. The molecule has 0 aliphatic carbocycles. The summed E-state index contributed by atoms with van der Waals surface area (Å²) in [6.45, 7) is 2.36. The number of benzene rings is 1. The minimum atomic E-state index is -1.33. The van der Waals surface area contributed by atoms with Crippen LogP contribution in [-0.4, -0.2) is 74.8 Å². The van der Waals surface area contributed by atoms with Gasteiger partial charge in [0.1, 0.15) is 16.9 Å². The van der Waals surface area contributed by atoms with Crippen LogP contribution in [0.25, 0.3) is 44.1 Å².